The Labute approximate surface area is 59.9 Å². The maximum atomic E-state index is 2.92. The minimum absolute atomic E-state index is 1.21. The normalized spacial score (nSPS) is 9.70. The lowest BCUT2D eigenvalue weighted by Crippen LogP contribution is -1.80. The Bertz CT molecular complexity index is 346. The van der Waals surface area contributed by atoms with Crippen molar-refractivity contribution in [1.82, 2.24) is 4.57 Å². The van der Waals surface area contributed by atoms with Crippen LogP contribution in [0.15, 0.2) is 24.4 Å². The first kappa shape index (κ1) is 5.37. The molecule has 0 N–H and O–H groups in total. The average molecular weight is 129 g/mol. The molecule has 0 bridgehead atoms. The molecule has 48 valence electrons. The van der Waals surface area contributed by atoms with Gasteiger partial charge >= 0.3 is 0 Å². The number of nitrogens with zero attached hydrogens (tertiary/aromatic N) is 1. The molecule has 1 aromatic carbocycles. The molecule has 0 atom stereocenters. The predicted molar refractivity (Wildman–Crippen MR) is 40.6 cm³/mol. The zero-order chi connectivity index (χ0) is 6.97. The lowest BCUT2D eigenvalue weighted by Gasteiger charge is -1.89. The monoisotopic (exact) mass is 129 g/mol. The van der Waals surface area contributed by atoms with E-state index in [1.165, 1.54) is 10.9 Å². The van der Waals surface area contributed by atoms with E-state index in [0.29, 0.717) is 0 Å². The third kappa shape index (κ3) is 0.593. The largest absolute Gasteiger partial charge is 0.350 e. The minimum Gasteiger partial charge on any atom is -0.350 e. The molecule has 2 aromatic rings. The molecule has 1 heteroatoms. The van der Waals surface area contributed by atoms with Gasteiger partial charge in [-0.15, -0.1) is 0 Å². The van der Waals surface area contributed by atoms with Crippen LogP contribution in [0, 0.1) is 12.1 Å². The van der Waals surface area contributed by atoms with E-state index >= 15 is 0 Å². The summed E-state index contributed by atoms with van der Waals surface area (Å²) in [6.45, 7) is 0. The van der Waals surface area contributed by atoms with Crippen LogP contribution >= 0.6 is 0 Å². The van der Waals surface area contributed by atoms with Crippen LogP contribution in [-0.4, -0.2) is 4.57 Å². The van der Waals surface area contributed by atoms with E-state index in [2.05, 4.69) is 22.8 Å². The van der Waals surface area contributed by atoms with E-state index in [1.54, 1.807) is 0 Å². The van der Waals surface area contributed by atoms with Gasteiger partial charge in [-0.3, -0.25) is 0 Å². The summed E-state index contributed by atoms with van der Waals surface area (Å²) in [7, 11) is 2.02. The lowest BCUT2D eigenvalue weighted by atomic mass is 10.3. The van der Waals surface area contributed by atoms with E-state index in [1.807, 2.05) is 25.4 Å². The molecule has 0 saturated heterocycles. The second-order valence-electron chi connectivity index (χ2n) is 2.34. The number of aryl methyl sites for hydroxylation is 1. The lowest BCUT2D eigenvalue weighted by molar-refractivity contribution is 0.969. The van der Waals surface area contributed by atoms with E-state index < -0.39 is 0 Å². The standard InChI is InChI=1S/C9H7N/c1-10-7-6-8-4-2-3-5-9(8)10/h4-7H,1H3. The van der Waals surface area contributed by atoms with Crippen LogP contribution in [0.5, 0.6) is 0 Å². The summed E-state index contributed by atoms with van der Waals surface area (Å²) >= 11 is 0. The summed E-state index contributed by atoms with van der Waals surface area (Å²) in [6.07, 6.45) is 2.03. The van der Waals surface area contributed by atoms with Gasteiger partial charge in [0.2, 0.25) is 0 Å². The van der Waals surface area contributed by atoms with Gasteiger partial charge in [0.05, 0.1) is 5.52 Å². The van der Waals surface area contributed by atoms with Crippen molar-refractivity contribution in [3.8, 4) is 0 Å². The van der Waals surface area contributed by atoms with Crippen LogP contribution in [0.4, 0.5) is 0 Å². The summed E-state index contributed by atoms with van der Waals surface area (Å²) < 4.78 is 2.07. The summed E-state index contributed by atoms with van der Waals surface area (Å²) in [5, 5.41) is 1.22. The van der Waals surface area contributed by atoms with Crippen molar-refractivity contribution in [2.24, 2.45) is 7.05 Å². The molecule has 0 aliphatic carbocycles. The Hall–Kier alpha value is -1.42. The maximum absolute atomic E-state index is 2.92. The molecule has 10 heavy (non-hydrogen) atoms. The van der Waals surface area contributed by atoms with Crippen molar-refractivity contribution in [3.63, 3.8) is 0 Å². The second-order valence-corrected chi connectivity index (χ2v) is 2.34. The quantitative estimate of drug-likeness (QED) is 0.511. The Kier molecular flexibility index (Phi) is 0.956. The van der Waals surface area contributed by atoms with Gasteiger partial charge in [0.25, 0.3) is 0 Å². The molecular formula is C9H7N. The zero-order valence-electron chi connectivity index (χ0n) is 5.76. The van der Waals surface area contributed by atoms with Crippen LogP contribution in [0.3, 0.4) is 0 Å². The van der Waals surface area contributed by atoms with Crippen LogP contribution < -0.4 is 0 Å². The average Bonchev–Trinajstić information content (AvgIpc) is 2.34. The number of aromatic nitrogens is 1. The van der Waals surface area contributed by atoms with Gasteiger partial charge in [0, 0.05) is 24.7 Å². The molecule has 0 saturated carbocycles. The Morgan fingerprint density at radius 1 is 1.30 bits per heavy atom. The first-order valence-electron chi connectivity index (χ1n) is 3.21. The highest BCUT2D eigenvalue weighted by molar-refractivity contribution is 5.78. The van der Waals surface area contributed by atoms with E-state index in [9.17, 15) is 0 Å². The molecule has 0 fully saturated rings. The Morgan fingerprint density at radius 3 is 2.90 bits per heavy atom. The molecule has 0 aliphatic rings. The van der Waals surface area contributed by atoms with Crippen molar-refractivity contribution in [2.45, 2.75) is 0 Å². The molecule has 1 heterocycles. The molecule has 0 spiro atoms. The van der Waals surface area contributed by atoms with Gasteiger partial charge in [-0.2, -0.15) is 0 Å². The third-order valence-corrected chi connectivity index (χ3v) is 1.67. The molecule has 0 unspecified atom stereocenters. The number of hydrogen-bond acceptors (Lipinski definition) is 0. The molecule has 0 aliphatic heterocycles. The molecule has 2 rings (SSSR count). The Balaban J connectivity index is 2.93. The topological polar surface area (TPSA) is 4.93 Å². The van der Waals surface area contributed by atoms with Gasteiger partial charge in [-0.25, -0.2) is 0 Å². The van der Waals surface area contributed by atoms with Gasteiger partial charge in [-0.1, -0.05) is 12.1 Å². The summed E-state index contributed by atoms with van der Waals surface area (Å²) in [5.41, 5.74) is 1.21. The van der Waals surface area contributed by atoms with Crippen molar-refractivity contribution < 1.29 is 0 Å². The molecular weight excluding hydrogens is 122 g/mol. The van der Waals surface area contributed by atoms with Crippen LogP contribution in [0.2, 0.25) is 0 Å². The maximum Gasteiger partial charge on any atom is 0.0568 e. The van der Waals surface area contributed by atoms with Crippen molar-refractivity contribution in [1.29, 1.82) is 0 Å². The van der Waals surface area contributed by atoms with E-state index in [-0.39, 0.29) is 0 Å². The van der Waals surface area contributed by atoms with Crippen molar-refractivity contribution >= 4 is 10.9 Å². The van der Waals surface area contributed by atoms with Gasteiger partial charge in [0.15, 0.2) is 0 Å². The smallest absolute Gasteiger partial charge is 0.0568 e. The van der Waals surface area contributed by atoms with E-state index in [0.717, 1.165) is 0 Å². The molecule has 1 aromatic heterocycles. The number of hydrogen-bond donors (Lipinski definition) is 0. The summed E-state index contributed by atoms with van der Waals surface area (Å²) in [4.78, 5) is 0. The molecule has 1 nitrogen and oxygen atoms in total. The second kappa shape index (κ2) is 1.78. The van der Waals surface area contributed by atoms with Gasteiger partial charge in [0.1, 0.15) is 0 Å². The van der Waals surface area contributed by atoms with Gasteiger partial charge in [-0.05, 0) is 12.1 Å². The fraction of sp³-hybridized carbons (Fsp3) is 0.111. The number of fused-ring (bicyclic) bond motifs is 1. The highest BCUT2D eigenvalue weighted by atomic mass is 14.9. The van der Waals surface area contributed by atoms with Crippen LogP contribution in [0.25, 0.3) is 10.9 Å². The first-order valence-corrected chi connectivity index (χ1v) is 3.21. The van der Waals surface area contributed by atoms with Crippen LogP contribution in [-0.2, 0) is 7.05 Å². The molecule has 0 amide bonds. The van der Waals surface area contributed by atoms with Crippen LogP contribution in [0.1, 0.15) is 0 Å². The van der Waals surface area contributed by atoms with Gasteiger partial charge < -0.3 is 4.57 Å². The highest BCUT2D eigenvalue weighted by Crippen LogP contribution is 2.10. The summed E-state index contributed by atoms with van der Waals surface area (Å²) in [6, 6.07) is 11.8. The minimum atomic E-state index is 1.21. The SMILES string of the molecule is Cn1ccc2cc#ccc21. The van der Waals surface area contributed by atoms with E-state index in [4.69, 9.17) is 0 Å². The predicted octanol–water partition coefficient (Wildman–Crippen LogP) is 1.78. The zero-order valence-corrected chi connectivity index (χ0v) is 5.76. The Morgan fingerprint density at radius 2 is 2.10 bits per heavy atom. The van der Waals surface area contributed by atoms with Crippen molar-refractivity contribution in [2.75, 3.05) is 0 Å². The van der Waals surface area contributed by atoms with Crippen molar-refractivity contribution in [3.05, 3.63) is 36.5 Å². The fourth-order valence-electron chi connectivity index (χ4n) is 1.10. The first-order chi connectivity index (χ1) is 4.88. The number of rotatable bonds is 0. The fourth-order valence-corrected chi connectivity index (χ4v) is 1.10. The molecule has 0 radical (unpaired) electrons. The summed E-state index contributed by atoms with van der Waals surface area (Å²) in [5.74, 6) is 0. The third-order valence-electron chi connectivity index (χ3n) is 1.67. The highest BCUT2D eigenvalue weighted by Gasteiger charge is 1.91.